The van der Waals surface area contributed by atoms with Gasteiger partial charge in [-0.3, -0.25) is 9.69 Å². The molecule has 2 atom stereocenters. The van der Waals surface area contributed by atoms with Gasteiger partial charge in [0.15, 0.2) is 0 Å². The molecule has 5 heteroatoms. The van der Waals surface area contributed by atoms with Crippen LogP contribution in [0.25, 0.3) is 0 Å². The van der Waals surface area contributed by atoms with Gasteiger partial charge in [-0.2, -0.15) is 0 Å². The first kappa shape index (κ1) is 34.1. The lowest BCUT2D eigenvalue weighted by atomic mass is 10.0. The van der Waals surface area contributed by atoms with E-state index in [-0.39, 0.29) is 11.9 Å². The first-order chi connectivity index (χ1) is 18.2. The van der Waals surface area contributed by atoms with Crippen LogP contribution in [0.4, 0.5) is 0 Å². The van der Waals surface area contributed by atoms with Gasteiger partial charge in [-0.1, -0.05) is 129 Å². The maximum Gasteiger partial charge on any atom is 0.220 e. The highest BCUT2D eigenvalue weighted by Gasteiger charge is 2.23. The predicted octanol–water partition coefficient (Wildman–Crippen LogP) is 7.56. The molecule has 218 valence electrons. The summed E-state index contributed by atoms with van der Waals surface area (Å²) >= 11 is 0. The summed E-state index contributed by atoms with van der Waals surface area (Å²) in [5, 5.41) is 14.0. The van der Waals surface area contributed by atoms with Gasteiger partial charge < -0.3 is 15.2 Å². The van der Waals surface area contributed by atoms with E-state index in [0.717, 1.165) is 45.6 Å². The minimum atomic E-state index is -0.645. The standard InChI is InChI=1S/C32H62N2O3/c1-3-5-7-9-11-12-13-14-15-16-18-19-21-23-31(35)30(29-34-25-27-37-28-26-34)33-32(36)24-22-20-17-10-8-6-4-2/h21,23,30-31,35H,3-20,22,24-29H2,1-2H3,(H,33,36)/b23-21+/t30-,31-/m0/s1. The highest BCUT2D eigenvalue weighted by atomic mass is 16.5. The van der Waals surface area contributed by atoms with Crippen LogP contribution in [-0.4, -0.2) is 60.9 Å². The molecule has 1 aliphatic rings. The number of hydrogen-bond acceptors (Lipinski definition) is 4. The summed E-state index contributed by atoms with van der Waals surface area (Å²) in [6, 6.07) is -0.260. The van der Waals surface area contributed by atoms with E-state index in [1.807, 2.05) is 6.08 Å². The quantitative estimate of drug-likeness (QED) is 0.0959. The summed E-state index contributed by atoms with van der Waals surface area (Å²) in [4.78, 5) is 14.9. The number of aliphatic hydroxyl groups excluding tert-OH is 1. The van der Waals surface area contributed by atoms with E-state index in [1.54, 1.807) is 0 Å². The lowest BCUT2D eigenvalue weighted by molar-refractivity contribution is -0.122. The molecule has 0 radical (unpaired) electrons. The summed E-state index contributed by atoms with van der Waals surface area (Å²) in [6.07, 6.45) is 28.2. The molecule has 0 aromatic carbocycles. The van der Waals surface area contributed by atoms with Crippen LogP contribution in [0, 0.1) is 0 Å². The van der Waals surface area contributed by atoms with Crippen molar-refractivity contribution in [3.8, 4) is 0 Å². The largest absolute Gasteiger partial charge is 0.387 e. The van der Waals surface area contributed by atoms with E-state index in [0.29, 0.717) is 13.0 Å². The first-order valence-electron chi connectivity index (χ1n) is 16.1. The lowest BCUT2D eigenvalue weighted by Gasteiger charge is -2.32. The van der Waals surface area contributed by atoms with Gasteiger partial charge in [0, 0.05) is 26.1 Å². The third-order valence-corrected chi connectivity index (χ3v) is 7.63. The number of aliphatic hydroxyl groups is 1. The molecule has 1 amide bonds. The van der Waals surface area contributed by atoms with Crippen LogP contribution in [-0.2, 0) is 9.53 Å². The summed E-state index contributed by atoms with van der Waals surface area (Å²) in [7, 11) is 0. The Morgan fingerprint density at radius 3 is 1.81 bits per heavy atom. The molecular formula is C32H62N2O3. The van der Waals surface area contributed by atoms with Gasteiger partial charge in [-0.05, 0) is 19.3 Å². The number of ether oxygens (including phenoxy) is 1. The average molecular weight is 523 g/mol. The highest BCUT2D eigenvalue weighted by molar-refractivity contribution is 5.76. The summed E-state index contributed by atoms with van der Waals surface area (Å²) in [5.74, 6) is 0.0737. The number of unbranched alkanes of at least 4 members (excludes halogenated alkanes) is 17. The Labute approximate surface area is 230 Å². The number of allylic oxidation sites excluding steroid dienone is 1. The molecular weight excluding hydrogens is 460 g/mol. The summed E-state index contributed by atoms with van der Waals surface area (Å²) in [5.41, 5.74) is 0. The molecule has 0 spiro atoms. The smallest absolute Gasteiger partial charge is 0.220 e. The van der Waals surface area contributed by atoms with E-state index in [9.17, 15) is 9.90 Å². The summed E-state index contributed by atoms with van der Waals surface area (Å²) in [6.45, 7) is 8.36. The molecule has 1 heterocycles. The minimum absolute atomic E-state index is 0.0737. The monoisotopic (exact) mass is 522 g/mol. The molecule has 0 aromatic heterocycles. The van der Waals surface area contributed by atoms with Crippen LogP contribution >= 0.6 is 0 Å². The van der Waals surface area contributed by atoms with Gasteiger partial charge in [0.25, 0.3) is 0 Å². The predicted molar refractivity (Wildman–Crippen MR) is 158 cm³/mol. The first-order valence-corrected chi connectivity index (χ1v) is 16.1. The Hall–Kier alpha value is -0.910. The van der Waals surface area contributed by atoms with Gasteiger partial charge in [0.05, 0.1) is 25.4 Å². The zero-order chi connectivity index (χ0) is 26.8. The van der Waals surface area contributed by atoms with Crippen LogP contribution < -0.4 is 5.32 Å². The lowest BCUT2D eigenvalue weighted by Crippen LogP contribution is -2.52. The number of carbonyl (C=O) groups is 1. The number of rotatable bonds is 25. The van der Waals surface area contributed by atoms with Crippen LogP contribution in [0.3, 0.4) is 0 Å². The van der Waals surface area contributed by atoms with E-state index < -0.39 is 6.10 Å². The second-order valence-corrected chi connectivity index (χ2v) is 11.2. The number of hydrogen-bond donors (Lipinski definition) is 2. The molecule has 0 unspecified atom stereocenters. The third-order valence-electron chi connectivity index (χ3n) is 7.63. The van der Waals surface area contributed by atoms with Crippen molar-refractivity contribution >= 4 is 5.91 Å². The maximum absolute atomic E-state index is 12.6. The molecule has 1 fully saturated rings. The molecule has 37 heavy (non-hydrogen) atoms. The van der Waals surface area contributed by atoms with Crippen molar-refractivity contribution in [2.24, 2.45) is 0 Å². The number of carbonyl (C=O) groups excluding carboxylic acids is 1. The molecule has 1 saturated heterocycles. The number of amides is 1. The fourth-order valence-electron chi connectivity index (χ4n) is 5.12. The van der Waals surface area contributed by atoms with Crippen molar-refractivity contribution < 1.29 is 14.6 Å². The van der Waals surface area contributed by atoms with Gasteiger partial charge >= 0.3 is 0 Å². The fourth-order valence-corrected chi connectivity index (χ4v) is 5.12. The van der Waals surface area contributed by atoms with Gasteiger partial charge in [-0.15, -0.1) is 0 Å². The number of nitrogens with one attached hydrogen (secondary N) is 1. The molecule has 2 N–H and O–H groups in total. The van der Waals surface area contributed by atoms with Gasteiger partial charge in [0.1, 0.15) is 0 Å². The van der Waals surface area contributed by atoms with Crippen molar-refractivity contribution in [1.29, 1.82) is 0 Å². The molecule has 0 aliphatic carbocycles. The Bertz CT molecular complexity index is 534. The van der Waals surface area contributed by atoms with Crippen LogP contribution in [0.5, 0.6) is 0 Å². The van der Waals surface area contributed by atoms with Crippen LogP contribution in [0.1, 0.15) is 142 Å². The number of nitrogens with zero attached hydrogens (tertiary/aromatic N) is 1. The highest BCUT2D eigenvalue weighted by Crippen LogP contribution is 2.13. The Balaban J connectivity index is 2.25. The molecule has 1 aliphatic heterocycles. The van der Waals surface area contributed by atoms with Gasteiger partial charge in [0.2, 0.25) is 5.91 Å². The van der Waals surface area contributed by atoms with Gasteiger partial charge in [-0.25, -0.2) is 0 Å². The fraction of sp³-hybridized carbons (Fsp3) is 0.906. The molecule has 1 rings (SSSR count). The van der Waals surface area contributed by atoms with Crippen molar-refractivity contribution in [2.75, 3.05) is 32.8 Å². The minimum Gasteiger partial charge on any atom is -0.387 e. The van der Waals surface area contributed by atoms with Crippen molar-refractivity contribution in [3.05, 3.63) is 12.2 Å². The zero-order valence-electron chi connectivity index (χ0n) is 24.7. The topological polar surface area (TPSA) is 61.8 Å². The average Bonchev–Trinajstić information content (AvgIpc) is 2.91. The van der Waals surface area contributed by atoms with E-state index in [4.69, 9.17) is 4.74 Å². The molecule has 5 nitrogen and oxygen atoms in total. The van der Waals surface area contributed by atoms with Crippen LogP contribution in [0.2, 0.25) is 0 Å². The number of morpholine rings is 1. The SMILES string of the molecule is CCCCCCCCCCCCC/C=C/[C@H](O)[C@H](CN1CCOCC1)NC(=O)CCCCCCCCC. The van der Waals surface area contributed by atoms with Crippen molar-refractivity contribution in [2.45, 2.75) is 154 Å². The van der Waals surface area contributed by atoms with E-state index in [2.05, 4.69) is 30.1 Å². The summed E-state index contributed by atoms with van der Waals surface area (Å²) < 4.78 is 5.47. The van der Waals surface area contributed by atoms with Crippen molar-refractivity contribution in [3.63, 3.8) is 0 Å². The molecule has 0 bridgehead atoms. The Kier molecular flexibility index (Phi) is 23.4. The molecule has 0 saturated carbocycles. The third kappa shape index (κ3) is 20.7. The molecule has 0 aromatic rings. The van der Waals surface area contributed by atoms with E-state index in [1.165, 1.54) is 103 Å². The van der Waals surface area contributed by atoms with E-state index >= 15 is 0 Å². The zero-order valence-corrected chi connectivity index (χ0v) is 24.7. The second kappa shape index (κ2) is 25.4. The van der Waals surface area contributed by atoms with Crippen molar-refractivity contribution in [1.82, 2.24) is 10.2 Å². The normalized spacial score (nSPS) is 16.3. The second-order valence-electron chi connectivity index (χ2n) is 11.2. The van der Waals surface area contributed by atoms with Crippen LogP contribution in [0.15, 0.2) is 12.2 Å². The Morgan fingerprint density at radius 2 is 1.27 bits per heavy atom. The Morgan fingerprint density at radius 1 is 0.784 bits per heavy atom. The maximum atomic E-state index is 12.6.